The van der Waals surface area contributed by atoms with Crippen molar-refractivity contribution in [1.29, 1.82) is 0 Å². The standard InChI is InChI=1S/C10H15N3O3S2/c1-5-7(18-10(11)12-5)8(14)13-6(9(15)16)3-4-17-2/h6H,3-4H2,1-2H3,(H2,11,12)(H,13,14)(H,15,16)/t6-/m0/s1. The van der Waals surface area contributed by atoms with E-state index in [-0.39, 0.29) is 0 Å². The van der Waals surface area contributed by atoms with Crippen molar-refractivity contribution in [1.82, 2.24) is 10.3 Å². The molecule has 0 fully saturated rings. The lowest BCUT2D eigenvalue weighted by atomic mass is 10.2. The van der Waals surface area contributed by atoms with Crippen molar-refractivity contribution in [3.05, 3.63) is 10.6 Å². The van der Waals surface area contributed by atoms with E-state index < -0.39 is 17.9 Å². The van der Waals surface area contributed by atoms with Gasteiger partial charge in [0.05, 0.1) is 5.69 Å². The van der Waals surface area contributed by atoms with E-state index in [0.717, 1.165) is 11.3 Å². The Labute approximate surface area is 113 Å². The third-order valence-corrected chi connectivity index (χ3v) is 3.86. The normalized spacial score (nSPS) is 12.1. The van der Waals surface area contributed by atoms with Crippen LogP contribution in [-0.4, -0.2) is 40.0 Å². The van der Waals surface area contributed by atoms with Crippen LogP contribution in [0.2, 0.25) is 0 Å². The second-order valence-corrected chi connectivity index (χ2v) is 5.63. The highest BCUT2D eigenvalue weighted by Gasteiger charge is 2.22. The molecule has 4 N–H and O–H groups in total. The van der Waals surface area contributed by atoms with Gasteiger partial charge < -0.3 is 16.2 Å². The molecule has 0 aromatic carbocycles. The summed E-state index contributed by atoms with van der Waals surface area (Å²) in [4.78, 5) is 27.2. The van der Waals surface area contributed by atoms with Crippen LogP contribution in [0.5, 0.6) is 0 Å². The number of nitrogens with zero attached hydrogens (tertiary/aromatic N) is 1. The topological polar surface area (TPSA) is 105 Å². The van der Waals surface area contributed by atoms with Crippen molar-refractivity contribution in [2.75, 3.05) is 17.7 Å². The zero-order valence-electron chi connectivity index (χ0n) is 10.1. The molecule has 0 aliphatic rings. The number of aryl methyl sites for hydroxylation is 1. The monoisotopic (exact) mass is 289 g/mol. The number of hydrogen-bond acceptors (Lipinski definition) is 6. The second-order valence-electron chi connectivity index (χ2n) is 3.61. The molecule has 0 radical (unpaired) electrons. The summed E-state index contributed by atoms with van der Waals surface area (Å²) in [6.45, 7) is 1.67. The minimum absolute atomic E-state index is 0.300. The van der Waals surface area contributed by atoms with E-state index in [1.165, 1.54) is 11.8 Å². The SMILES string of the molecule is CSCC[C@H](NC(=O)c1sc(N)nc1C)C(=O)O. The summed E-state index contributed by atoms with van der Waals surface area (Å²) in [5, 5.41) is 11.8. The summed E-state index contributed by atoms with van der Waals surface area (Å²) < 4.78 is 0. The molecule has 0 aliphatic carbocycles. The van der Waals surface area contributed by atoms with Crippen LogP contribution >= 0.6 is 23.1 Å². The van der Waals surface area contributed by atoms with Crippen molar-refractivity contribution in [2.45, 2.75) is 19.4 Å². The van der Waals surface area contributed by atoms with Crippen LogP contribution in [0.1, 0.15) is 21.8 Å². The Morgan fingerprint density at radius 3 is 2.72 bits per heavy atom. The van der Waals surface area contributed by atoms with E-state index in [4.69, 9.17) is 10.8 Å². The van der Waals surface area contributed by atoms with Crippen LogP contribution < -0.4 is 11.1 Å². The molecule has 0 aliphatic heterocycles. The molecule has 0 saturated heterocycles. The van der Waals surface area contributed by atoms with Crippen molar-refractivity contribution < 1.29 is 14.7 Å². The van der Waals surface area contributed by atoms with Gasteiger partial charge >= 0.3 is 5.97 Å². The first kappa shape index (κ1) is 14.8. The van der Waals surface area contributed by atoms with E-state index in [1.54, 1.807) is 6.92 Å². The fraction of sp³-hybridized carbons (Fsp3) is 0.500. The number of hydrogen-bond donors (Lipinski definition) is 3. The van der Waals surface area contributed by atoms with Crippen molar-refractivity contribution in [3.8, 4) is 0 Å². The Balaban J connectivity index is 2.72. The molecule has 1 amide bonds. The molecule has 1 aromatic rings. The third-order valence-electron chi connectivity index (χ3n) is 2.23. The van der Waals surface area contributed by atoms with Gasteiger partial charge in [0.1, 0.15) is 10.9 Å². The van der Waals surface area contributed by atoms with Crippen LogP contribution in [0.15, 0.2) is 0 Å². The van der Waals surface area contributed by atoms with Gasteiger partial charge in [0.25, 0.3) is 5.91 Å². The first-order valence-corrected chi connectivity index (χ1v) is 7.42. The van der Waals surface area contributed by atoms with Gasteiger partial charge in [0.15, 0.2) is 5.13 Å². The van der Waals surface area contributed by atoms with E-state index in [2.05, 4.69) is 10.3 Å². The average molecular weight is 289 g/mol. The summed E-state index contributed by atoms with van der Waals surface area (Å²) >= 11 is 2.59. The molecule has 6 nitrogen and oxygen atoms in total. The highest BCUT2D eigenvalue weighted by atomic mass is 32.2. The Hall–Kier alpha value is -1.28. The van der Waals surface area contributed by atoms with Gasteiger partial charge in [0, 0.05) is 0 Å². The molecule has 1 atom stereocenters. The number of nitrogens with two attached hydrogens (primary N) is 1. The molecule has 0 spiro atoms. The number of nitrogens with one attached hydrogen (secondary N) is 1. The van der Waals surface area contributed by atoms with Crippen LogP contribution in [0.25, 0.3) is 0 Å². The summed E-state index contributed by atoms with van der Waals surface area (Å²) in [7, 11) is 0. The Bertz CT molecular complexity index is 448. The zero-order chi connectivity index (χ0) is 13.7. The van der Waals surface area contributed by atoms with E-state index in [9.17, 15) is 9.59 Å². The number of carbonyl (C=O) groups is 2. The van der Waals surface area contributed by atoms with Gasteiger partial charge in [-0.25, -0.2) is 9.78 Å². The maximum absolute atomic E-state index is 11.9. The first-order valence-electron chi connectivity index (χ1n) is 5.21. The summed E-state index contributed by atoms with van der Waals surface area (Å²) in [6, 6.07) is -0.882. The van der Waals surface area contributed by atoms with Crippen LogP contribution in [0, 0.1) is 6.92 Å². The number of carbonyl (C=O) groups excluding carboxylic acids is 1. The van der Waals surface area contributed by atoms with Crippen molar-refractivity contribution >= 4 is 40.1 Å². The quantitative estimate of drug-likeness (QED) is 0.720. The maximum atomic E-state index is 11.9. The number of aromatic nitrogens is 1. The predicted octanol–water partition coefficient (Wildman–Crippen LogP) is 0.970. The predicted molar refractivity (Wildman–Crippen MR) is 73.2 cm³/mol. The van der Waals surface area contributed by atoms with Gasteiger partial charge in [-0.2, -0.15) is 11.8 Å². The van der Waals surface area contributed by atoms with Crippen LogP contribution in [0.4, 0.5) is 5.13 Å². The van der Waals surface area contributed by atoms with Gasteiger partial charge in [-0.3, -0.25) is 4.79 Å². The highest BCUT2D eigenvalue weighted by molar-refractivity contribution is 7.98. The number of thiazole rings is 1. The molecular weight excluding hydrogens is 274 g/mol. The number of nitrogen functional groups attached to an aromatic ring is 1. The van der Waals surface area contributed by atoms with Gasteiger partial charge in [-0.1, -0.05) is 11.3 Å². The third kappa shape index (κ3) is 3.88. The number of anilines is 1. The molecule has 18 heavy (non-hydrogen) atoms. The maximum Gasteiger partial charge on any atom is 0.326 e. The molecule has 1 heterocycles. The van der Waals surface area contributed by atoms with Gasteiger partial charge in [-0.05, 0) is 25.4 Å². The number of carboxylic acids is 1. The molecule has 100 valence electrons. The molecular formula is C10H15N3O3S2. The van der Waals surface area contributed by atoms with Crippen LogP contribution in [-0.2, 0) is 4.79 Å². The molecule has 8 heteroatoms. The smallest absolute Gasteiger partial charge is 0.326 e. The Morgan fingerprint density at radius 2 is 2.28 bits per heavy atom. The Kier molecular flexibility index (Phi) is 5.42. The summed E-state index contributed by atoms with van der Waals surface area (Å²) in [5.41, 5.74) is 6.01. The van der Waals surface area contributed by atoms with Crippen molar-refractivity contribution in [2.24, 2.45) is 0 Å². The summed E-state index contributed by atoms with van der Waals surface area (Å²) in [5.74, 6) is -0.802. The number of thioether (sulfide) groups is 1. The first-order chi connectivity index (χ1) is 8.45. The minimum Gasteiger partial charge on any atom is -0.480 e. The fourth-order valence-electron chi connectivity index (χ4n) is 1.34. The summed E-state index contributed by atoms with van der Waals surface area (Å²) in [6.07, 6.45) is 2.27. The minimum atomic E-state index is -1.03. The zero-order valence-corrected chi connectivity index (χ0v) is 11.7. The number of rotatable bonds is 6. The highest BCUT2D eigenvalue weighted by Crippen LogP contribution is 2.19. The fourth-order valence-corrected chi connectivity index (χ4v) is 2.55. The van der Waals surface area contributed by atoms with E-state index in [0.29, 0.717) is 27.9 Å². The largest absolute Gasteiger partial charge is 0.480 e. The van der Waals surface area contributed by atoms with Crippen molar-refractivity contribution in [3.63, 3.8) is 0 Å². The van der Waals surface area contributed by atoms with Gasteiger partial charge in [-0.15, -0.1) is 0 Å². The molecule has 1 rings (SSSR count). The molecule has 0 bridgehead atoms. The van der Waals surface area contributed by atoms with E-state index in [1.807, 2.05) is 6.26 Å². The van der Waals surface area contributed by atoms with Crippen LogP contribution in [0.3, 0.4) is 0 Å². The van der Waals surface area contributed by atoms with E-state index >= 15 is 0 Å². The lowest BCUT2D eigenvalue weighted by molar-refractivity contribution is -0.139. The average Bonchev–Trinajstić information content (AvgIpc) is 2.63. The number of aliphatic carboxylic acids is 1. The number of carboxylic acid groups (broad SMARTS) is 1. The molecule has 0 unspecified atom stereocenters. The lowest BCUT2D eigenvalue weighted by Gasteiger charge is -2.13. The molecule has 0 saturated carbocycles. The lowest BCUT2D eigenvalue weighted by Crippen LogP contribution is -2.41. The second kappa shape index (κ2) is 6.60. The number of amides is 1. The molecule has 1 aromatic heterocycles. The van der Waals surface area contributed by atoms with Gasteiger partial charge in [0.2, 0.25) is 0 Å². The Morgan fingerprint density at radius 1 is 1.61 bits per heavy atom.